The lowest BCUT2D eigenvalue weighted by atomic mass is 10.1. The fraction of sp³-hybridized carbons (Fsp3) is 0.167. The molecule has 2 amide bonds. The van der Waals surface area contributed by atoms with Crippen molar-refractivity contribution in [2.45, 2.75) is 13.8 Å². The molecule has 3 aromatic carbocycles. The Bertz CT molecular complexity index is 1040. The van der Waals surface area contributed by atoms with Crippen molar-refractivity contribution in [2.75, 3.05) is 23.4 Å². The molecule has 0 unspecified atom stereocenters. The third-order valence-electron chi connectivity index (χ3n) is 4.56. The molecule has 0 aliphatic carbocycles. The van der Waals surface area contributed by atoms with Crippen LogP contribution in [0.2, 0.25) is 0 Å². The van der Waals surface area contributed by atoms with Gasteiger partial charge in [-0.15, -0.1) is 0 Å². The molecule has 5 nitrogen and oxygen atoms in total. The summed E-state index contributed by atoms with van der Waals surface area (Å²) in [5.41, 5.74) is 2.71. The van der Waals surface area contributed by atoms with Crippen LogP contribution in [0.4, 0.5) is 11.4 Å². The number of rotatable bonds is 7. The van der Waals surface area contributed by atoms with Gasteiger partial charge < -0.3 is 15.0 Å². The zero-order chi connectivity index (χ0) is 21.5. The highest BCUT2D eigenvalue weighted by molar-refractivity contribution is 9.10. The van der Waals surface area contributed by atoms with Crippen LogP contribution in [-0.2, 0) is 4.79 Å². The van der Waals surface area contributed by atoms with Gasteiger partial charge >= 0.3 is 0 Å². The molecular formula is C24H23BrN2O3. The Hall–Kier alpha value is -3.12. The number of carbonyl (C=O) groups excluding carboxylic acids is 2. The maximum Gasteiger partial charge on any atom is 0.262 e. The highest BCUT2D eigenvalue weighted by Gasteiger charge is 2.20. The minimum absolute atomic E-state index is 0.153. The van der Waals surface area contributed by atoms with Gasteiger partial charge in [-0.05, 0) is 61.9 Å². The monoisotopic (exact) mass is 466 g/mol. The molecule has 3 rings (SSSR count). The van der Waals surface area contributed by atoms with Crippen molar-refractivity contribution in [1.29, 1.82) is 0 Å². The Morgan fingerprint density at radius 2 is 1.70 bits per heavy atom. The van der Waals surface area contributed by atoms with Crippen molar-refractivity contribution in [3.8, 4) is 5.75 Å². The lowest BCUT2D eigenvalue weighted by Gasteiger charge is -2.22. The van der Waals surface area contributed by atoms with Crippen molar-refractivity contribution in [1.82, 2.24) is 0 Å². The maximum atomic E-state index is 13.2. The summed E-state index contributed by atoms with van der Waals surface area (Å²) in [7, 11) is 0. The van der Waals surface area contributed by atoms with E-state index >= 15 is 0 Å². The average molecular weight is 467 g/mol. The molecular weight excluding hydrogens is 444 g/mol. The molecule has 30 heavy (non-hydrogen) atoms. The Kier molecular flexibility index (Phi) is 7.25. The van der Waals surface area contributed by atoms with E-state index in [0.717, 1.165) is 15.7 Å². The molecule has 0 bridgehead atoms. The van der Waals surface area contributed by atoms with Crippen LogP contribution in [0.3, 0.4) is 0 Å². The number of hydrogen-bond acceptors (Lipinski definition) is 3. The predicted molar refractivity (Wildman–Crippen MR) is 123 cm³/mol. The van der Waals surface area contributed by atoms with E-state index in [1.165, 1.54) is 0 Å². The number of amides is 2. The van der Waals surface area contributed by atoms with Crippen molar-refractivity contribution in [3.63, 3.8) is 0 Å². The standard InChI is InChI=1S/C24H23BrN2O3/c1-3-27(18-9-5-4-6-10-18)24(29)20-11-7-8-12-22(20)26-23(28)16-30-19-13-14-21(25)17(2)15-19/h4-15H,3,16H2,1-2H3,(H,26,28). The van der Waals surface area contributed by atoms with Gasteiger partial charge in [0.2, 0.25) is 0 Å². The SMILES string of the molecule is CCN(C(=O)c1ccccc1NC(=O)COc1ccc(Br)c(C)c1)c1ccccc1. The largest absolute Gasteiger partial charge is 0.484 e. The van der Waals surface area contributed by atoms with Crippen LogP contribution in [-0.4, -0.2) is 25.0 Å². The molecule has 0 aromatic heterocycles. The third kappa shape index (κ3) is 5.27. The average Bonchev–Trinajstić information content (AvgIpc) is 2.76. The smallest absolute Gasteiger partial charge is 0.262 e. The Balaban J connectivity index is 1.72. The van der Waals surface area contributed by atoms with Gasteiger partial charge in [0.15, 0.2) is 6.61 Å². The molecule has 0 atom stereocenters. The fourth-order valence-electron chi connectivity index (χ4n) is 3.02. The first-order valence-electron chi connectivity index (χ1n) is 9.64. The van der Waals surface area contributed by atoms with Crippen LogP contribution in [0.5, 0.6) is 5.75 Å². The Labute approximate surface area is 184 Å². The van der Waals surface area contributed by atoms with E-state index in [4.69, 9.17) is 4.74 Å². The van der Waals surface area contributed by atoms with Gasteiger partial charge in [0.1, 0.15) is 5.75 Å². The minimum Gasteiger partial charge on any atom is -0.484 e. The summed E-state index contributed by atoms with van der Waals surface area (Å²) >= 11 is 3.44. The first kappa shape index (κ1) is 21.6. The second-order valence-corrected chi connectivity index (χ2v) is 7.53. The summed E-state index contributed by atoms with van der Waals surface area (Å²) in [6, 6.07) is 22.0. The summed E-state index contributed by atoms with van der Waals surface area (Å²) in [5, 5.41) is 2.80. The summed E-state index contributed by atoms with van der Waals surface area (Å²) in [6.45, 7) is 4.22. The first-order chi connectivity index (χ1) is 14.5. The number of nitrogens with zero attached hydrogens (tertiary/aromatic N) is 1. The molecule has 3 aromatic rings. The van der Waals surface area contributed by atoms with E-state index < -0.39 is 0 Å². The van der Waals surface area contributed by atoms with Crippen LogP contribution in [0.25, 0.3) is 0 Å². The molecule has 6 heteroatoms. The van der Waals surface area contributed by atoms with Gasteiger partial charge in [-0.3, -0.25) is 9.59 Å². The topological polar surface area (TPSA) is 58.6 Å². The number of nitrogens with one attached hydrogen (secondary N) is 1. The number of anilines is 2. The van der Waals surface area contributed by atoms with Crippen molar-refractivity contribution >= 4 is 39.1 Å². The number of halogens is 1. The van der Waals surface area contributed by atoms with E-state index in [0.29, 0.717) is 23.5 Å². The van der Waals surface area contributed by atoms with Crippen LogP contribution in [0.1, 0.15) is 22.8 Å². The van der Waals surface area contributed by atoms with Gasteiger partial charge in [-0.2, -0.15) is 0 Å². The molecule has 1 N–H and O–H groups in total. The zero-order valence-electron chi connectivity index (χ0n) is 16.9. The molecule has 0 fully saturated rings. The summed E-state index contributed by atoms with van der Waals surface area (Å²) in [5.74, 6) is 0.0964. The minimum atomic E-state index is -0.335. The quantitative estimate of drug-likeness (QED) is 0.504. The van der Waals surface area contributed by atoms with Crippen LogP contribution < -0.4 is 15.0 Å². The molecule has 0 radical (unpaired) electrons. The number of para-hydroxylation sites is 2. The van der Waals surface area contributed by atoms with E-state index in [9.17, 15) is 9.59 Å². The van der Waals surface area contributed by atoms with Crippen molar-refractivity contribution < 1.29 is 14.3 Å². The van der Waals surface area contributed by atoms with Crippen molar-refractivity contribution in [2.24, 2.45) is 0 Å². The molecule has 0 spiro atoms. The third-order valence-corrected chi connectivity index (χ3v) is 5.45. The van der Waals surface area contributed by atoms with Crippen molar-refractivity contribution in [3.05, 3.63) is 88.4 Å². The zero-order valence-corrected chi connectivity index (χ0v) is 18.5. The molecule has 0 heterocycles. The second kappa shape index (κ2) is 10.1. The van der Waals surface area contributed by atoms with Gasteiger partial charge in [-0.25, -0.2) is 0 Å². The number of ether oxygens (including phenoxy) is 1. The van der Waals surface area contributed by atoms with E-state index in [1.807, 2.05) is 56.3 Å². The van der Waals surface area contributed by atoms with E-state index in [2.05, 4.69) is 21.2 Å². The Morgan fingerprint density at radius 1 is 1.00 bits per heavy atom. The van der Waals surface area contributed by atoms with Gasteiger partial charge in [0.05, 0.1) is 11.3 Å². The predicted octanol–water partition coefficient (Wildman–Crippen LogP) is 5.44. The number of benzene rings is 3. The summed E-state index contributed by atoms with van der Waals surface area (Å²) in [4.78, 5) is 27.3. The normalized spacial score (nSPS) is 10.4. The first-order valence-corrected chi connectivity index (χ1v) is 10.4. The van der Waals surface area contributed by atoms with Gasteiger partial charge in [-0.1, -0.05) is 46.3 Å². The highest BCUT2D eigenvalue weighted by atomic mass is 79.9. The summed E-state index contributed by atoms with van der Waals surface area (Å²) in [6.07, 6.45) is 0. The summed E-state index contributed by atoms with van der Waals surface area (Å²) < 4.78 is 6.56. The fourth-order valence-corrected chi connectivity index (χ4v) is 3.26. The van der Waals surface area contributed by atoms with Crippen LogP contribution in [0, 0.1) is 6.92 Å². The molecule has 0 saturated carbocycles. The number of carbonyl (C=O) groups is 2. The van der Waals surface area contributed by atoms with Gasteiger partial charge in [0.25, 0.3) is 11.8 Å². The molecule has 0 saturated heterocycles. The molecule has 0 aliphatic heterocycles. The lowest BCUT2D eigenvalue weighted by Crippen LogP contribution is -2.32. The molecule has 0 aliphatic rings. The van der Waals surface area contributed by atoms with Gasteiger partial charge in [0, 0.05) is 16.7 Å². The van der Waals surface area contributed by atoms with Crippen LogP contribution >= 0.6 is 15.9 Å². The second-order valence-electron chi connectivity index (χ2n) is 6.68. The molecule has 154 valence electrons. The highest BCUT2D eigenvalue weighted by Crippen LogP contribution is 2.23. The maximum absolute atomic E-state index is 13.2. The van der Waals surface area contributed by atoms with E-state index in [-0.39, 0.29) is 18.4 Å². The van der Waals surface area contributed by atoms with E-state index in [1.54, 1.807) is 35.2 Å². The lowest BCUT2D eigenvalue weighted by molar-refractivity contribution is -0.118. The number of aryl methyl sites for hydroxylation is 1. The Morgan fingerprint density at radius 3 is 2.40 bits per heavy atom. The number of hydrogen-bond donors (Lipinski definition) is 1. The van der Waals surface area contributed by atoms with Crippen LogP contribution in [0.15, 0.2) is 77.3 Å².